The number of thioether (sulfide) groups is 1. The molecule has 0 bridgehead atoms. The number of benzene rings is 1. The molecule has 5 heteroatoms. The summed E-state index contributed by atoms with van der Waals surface area (Å²) in [5, 5.41) is 4.65. The van der Waals surface area contributed by atoms with Crippen LogP contribution in [0.5, 0.6) is 0 Å². The quantitative estimate of drug-likeness (QED) is 0.801. The van der Waals surface area contributed by atoms with Gasteiger partial charge in [0.15, 0.2) is 0 Å². The predicted molar refractivity (Wildman–Crippen MR) is 90.4 cm³/mol. The van der Waals surface area contributed by atoms with Gasteiger partial charge >= 0.3 is 0 Å². The fraction of sp³-hybridized carbons (Fsp3) is 0.235. The third kappa shape index (κ3) is 2.52. The fourth-order valence-electron chi connectivity index (χ4n) is 2.84. The molecule has 0 aliphatic carbocycles. The predicted octanol–water partition coefficient (Wildman–Crippen LogP) is 3.33. The van der Waals surface area contributed by atoms with Gasteiger partial charge < -0.3 is 5.32 Å². The molecule has 22 heavy (non-hydrogen) atoms. The van der Waals surface area contributed by atoms with Gasteiger partial charge in [-0.05, 0) is 36.2 Å². The van der Waals surface area contributed by atoms with Crippen molar-refractivity contribution in [3.8, 4) is 0 Å². The molecule has 4 nitrogen and oxygen atoms in total. The van der Waals surface area contributed by atoms with E-state index >= 15 is 0 Å². The number of hydrogen-bond acceptors (Lipinski definition) is 5. The maximum Gasteiger partial charge on any atom is 0.137 e. The van der Waals surface area contributed by atoms with Crippen molar-refractivity contribution in [2.45, 2.75) is 17.7 Å². The van der Waals surface area contributed by atoms with Crippen LogP contribution in [0, 0.1) is 0 Å². The van der Waals surface area contributed by atoms with Crippen molar-refractivity contribution in [1.82, 2.24) is 15.0 Å². The summed E-state index contributed by atoms with van der Waals surface area (Å²) in [6.07, 6.45) is 5.45. The Morgan fingerprint density at radius 3 is 3.00 bits per heavy atom. The van der Waals surface area contributed by atoms with Gasteiger partial charge in [-0.15, -0.1) is 11.8 Å². The van der Waals surface area contributed by atoms with E-state index in [1.807, 2.05) is 36.2 Å². The highest BCUT2D eigenvalue weighted by Crippen LogP contribution is 2.37. The first kappa shape index (κ1) is 13.5. The van der Waals surface area contributed by atoms with Gasteiger partial charge in [0.05, 0.1) is 5.52 Å². The van der Waals surface area contributed by atoms with Crippen LogP contribution < -0.4 is 5.32 Å². The second-order valence-electron chi connectivity index (χ2n) is 5.25. The van der Waals surface area contributed by atoms with Crippen molar-refractivity contribution in [2.75, 3.05) is 17.6 Å². The normalized spacial score (nSPS) is 13.3. The Labute approximate surface area is 133 Å². The monoisotopic (exact) mass is 308 g/mol. The van der Waals surface area contributed by atoms with E-state index in [1.54, 1.807) is 6.33 Å². The molecule has 0 amide bonds. The highest BCUT2D eigenvalue weighted by Gasteiger charge is 2.17. The van der Waals surface area contributed by atoms with Gasteiger partial charge in [0, 0.05) is 40.9 Å². The van der Waals surface area contributed by atoms with E-state index in [2.05, 4.69) is 32.4 Å². The molecule has 0 spiro atoms. The molecular weight excluding hydrogens is 292 g/mol. The van der Waals surface area contributed by atoms with Gasteiger partial charge in [0.25, 0.3) is 0 Å². The Bertz CT molecular complexity index is 804. The van der Waals surface area contributed by atoms with Crippen LogP contribution in [0.4, 0.5) is 5.82 Å². The van der Waals surface area contributed by atoms with Crippen LogP contribution in [-0.2, 0) is 12.8 Å². The number of aryl methyl sites for hydroxylation is 1. The zero-order valence-corrected chi connectivity index (χ0v) is 12.9. The first-order valence-electron chi connectivity index (χ1n) is 7.45. The van der Waals surface area contributed by atoms with Crippen LogP contribution in [0.1, 0.15) is 11.3 Å². The molecule has 2 aromatic heterocycles. The van der Waals surface area contributed by atoms with Gasteiger partial charge in [0.1, 0.15) is 12.1 Å². The number of pyridine rings is 1. The molecule has 1 aliphatic heterocycles. The van der Waals surface area contributed by atoms with Crippen LogP contribution in [0.15, 0.2) is 47.8 Å². The summed E-state index contributed by atoms with van der Waals surface area (Å²) in [4.78, 5) is 14.6. The average Bonchev–Trinajstić information content (AvgIpc) is 3.04. The number of fused-ring (bicyclic) bond motifs is 3. The molecule has 3 aromatic rings. The lowest BCUT2D eigenvalue weighted by molar-refractivity contribution is 0.953. The lowest BCUT2D eigenvalue weighted by Crippen LogP contribution is -2.08. The number of rotatable bonds is 4. The largest absolute Gasteiger partial charge is 0.369 e. The number of nitrogens with one attached hydrogen (secondary N) is 1. The first-order chi connectivity index (χ1) is 10.9. The SMILES string of the molecule is c1ccc(CCNc2ncnc3ccc4c(c23)CCS4)nc1. The molecule has 0 radical (unpaired) electrons. The summed E-state index contributed by atoms with van der Waals surface area (Å²) < 4.78 is 0. The lowest BCUT2D eigenvalue weighted by atomic mass is 10.1. The molecule has 0 unspecified atom stereocenters. The summed E-state index contributed by atoms with van der Waals surface area (Å²) in [6, 6.07) is 10.3. The number of anilines is 1. The van der Waals surface area contributed by atoms with E-state index in [1.165, 1.54) is 15.8 Å². The van der Waals surface area contributed by atoms with Gasteiger partial charge in [-0.1, -0.05) is 6.07 Å². The average molecular weight is 308 g/mol. The van der Waals surface area contributed by atoms with E-state index in [4.69, 9.17) is 0 Å². The zero-order chi connectivity index (χ0) is 14.8. The van der Waals surface area contributed by atoms with Crippen LogP contribution in [0.3, 0.4) is 0 Å². The minimum absolute atomic E-state index is 0.819. The van der Waals surface area contributed by atoms with Crippen LogP contribution in [-0.4, -0.2) is 27.2 Å². The van der Waals surface area contributed by atoms with Crippen molar-refractivity contribution < 1.29 is 0 Å². The molecule has 1 aromatic carbocycles. The van der Waals surface area contributed by atoms with Crippen molar-refractivity contribution >= 4 is 28.5 Å². The Kier molecular flexibility index (Phi) is 3.64. The third-order valence-electron chi connectivity index (χ3n) is 3.88. The van der Waals surface area contributed by atoms with E-state index in [0.29, 0.717) is 0 Å². The minimum Gasteiger partial charge on any atom is -0.369 e. The Morgan fingerprint density at radius 2 is 2.09 bits per heavy atom. The smallest absolute Gasteiger partial charge is 0.137 e. The van der Waals surface area contributed by atoms with Crippen LogP contribution in [0.2, 0.25) is 0 Å². The Hall–Kier alpha value is -2.14. The van der Waals surface area contributed by atoms with Gasteiger partial charge in [-0.25, -0.2) is 9.97 Å². The van der Waals surface area contributed by atoms with Gasteiger partial charge in [0.2, 0.25) is 0 Å². The lowest BCUT2D eigenvalue weighted by Gasteiger charge is -2.11. The van der Waals surface area contributed by atoms with Gasteiger partial charge in [-0.2, -0.15) is 0 Å². The summed E-state index contributed by atoms with van der Waals surface area (Å²) >= 11 is 1.92. The first-order valence-corrected chi connectivity index (χ1v) is 8.43. The molecular formula is C17H16N4S. The minimum atomic E-state index is 0.819. The van der Waals surface area contributed by atoms with Crippen molar-refractivity contribution in [3.63, 3.8) is 0 Å². The molecule has 0 atom stereocenters. The standard InChI is InChI=1S/C17H16N4S/c1-2-8-18-12(3-1)6-9-19-17-16-13-7-10-22-15(13)5-4-14(16)20-11-21-17/h1-5,8,11H,6-7,9-10H2,(H,19,20,21). The maximum atomic E-state index is 4.46. The molecule has 110 valence electrons. The third-order valence-corrected chi connectivity index (χ3v) is 4.98. The van der Waals surface area contributed by atoms with E-state index in [0.717, 1.165) is 42.2 Å². The summed E-state index contributed by atoms with van der Waals surface area (Å²) in [5.74, 6) is 2.09. The van der Waals surface area contributed by atoms with Crippen molar-refractivity contribution in [1.29, 1.82) is 0 Å². The molecule has 0 fully saturated rings. The number of nitrogens with zero attached hydrogens (tertiary/aromatic N) is 3. The molecule has 0 saturated heterocycles. The summed E-state index contributed by atoms with van der Waals surface area (Å²) in [5.41, 5.74) is 3.51. The van der Waals surface area contributed by atoms with Crippen molar-refractivity contribution in [2.24, 2.45) is 0 Å². The highest BCUT2D eigenvalue weighted by atomic mass is 32.2. The van der Waals surface area contributed by atoms with E-state index in [9.17, 15) is 0 Å². The maximum absolute atomic E-state index is 4.46. The number of hydrogen-bond donors (Lipinski definition) is 1. The van der Waals surface area contributed by atoms with Gasteiger partial charge in [-0.3, -0.25) is 4.98 Å². The zero-order valence-electron chi connectivity index (χ0n) is 12.1. The Balaban J connectivity index is 1.60. The van der Waals surface area contributed by atoms with Crippen molar-refractivity contribution in [3.05, 3.63) is 54.1 Å². The van der Waals surface area contributed by atoms with Crippen LogP contribution in [0.25, 0.3) is 10.9 Å². The van der Waals surface area contributed by atoms with Crippen LogP contribution >= 0.6 is 11.8 Å². The number of aromatic nitrogens is 3. The second-order valence-corrected chi connectivity index (χ2v) is 6.39. The topological polar surface area (TPSA) is 50.7 Å². The summed E-state index contributed by atoms with van der Waals surface area (Å²) in [7, 11) is 0. The molecule has 1 aliphatic rings. The Morgan fingerprint density at radius 1 is 1.09 bits per heavy atom. The molecule has 0 saturated carbocycles. The molecule has 1 N–H and O–H groups in total. The molecule has 3 heterocycles. The molecule has 4 rings (SSSR count). The summed E-state index contributed by atoms with van der Waals surface area (Å²) in [6.45, 7) is 0.819. The van der Waals surface area contributed by atoms with E-state index < -0.39 is 0 Å². The van der Waals surface area contributed by atoms with E-state index in [-0.39, 0.29) is 0 Å². The second kappa shape index (κ2) is 5.93. The fourth-order valence-corrected chi connectivity index (χ4v) is 3.91. The highest BCUT2D eigenvalue weighted by molar-refractivity contribution is 7.99.